The van der Waals surface area contributed by atoms with Gasteiger partial charge in [-0.2, -0.15) is 0 Å². The van der Waals surface area contributed by atoms with Gasteiger partial charge in [0.15, 0.2) is 0 Å². The van der Waals surface area contributed by atoms with E-state index in [0.29, 0.717) is 11.4 Å². The molecule has 0 aliphatic heterocycles. The minimum Gasteiger partial charge on any atom is -0.134 e. The average Bonchev–Trinajstić information content (AvgIpc) is 2.90. The van der Waals surface area contributed by atoms with Crippen LogP contribution in [0.25, 0.3) is 33.6 Å². The van der Waals surface area contributed by atoms with Crippen molar-refractivity contribution in [2.45, 2.75) is 6.05 Å². The zero-order valence-corrected chi connectivity index (χ0v) is 17.9. The Hall–Kier alpha value is -4.11. The largest absolute Gasteiger partial charge is 0.490 e. The van der Waals surface area contributed by atoms with E-state index in [2.05, 4.69) is 0 Å². The van der Waals surface area contributed by atoms with Crippen molar-refractivity contribution in [3.63, 3.8) is 0 Å². The first-order valence-electron chi connectivity index (χ1n) is 10.8. The lowest BCUT2D eigenvalue weighted by molar-refractivity contribution is -0.793. The highest BCUT2D eigenvalue weighted by molar-refractivity contribution is 5.73. The van der Waals surface area contributed by atoms with Crippen molar-refractivity contribution in [2.75, 3.05) is 0 Å². The topological polar surface area (TPSA) is 3.88 Å². The monoisotopic (exact) mass is 434 g/mol. The van der Waals surface area contributed by atoms with Gasteiger partial charge in [-0.05, 0) is 47.5 Å². The summed E-state index contributed by atoms with van der Waals surface area (Å²) in [5.74, 6) is 0. The van der Waals surface area contributed by atoms with Gasteiger partial charge >= 0.3 is 6.05 Å². The summed E-state index contributed by atoms with van der Waals surface area (Å²) in [6.45, 7) is 0. The maximum Gasteiger partial charge on any atom is 0.490 e. The minimum atomic E-state index is -3.27. The Bertz CT molecular complexity index is 1290. The number of nitrogens with zero attached hydrogens (tertiary/aromatic N) is 1. The Kier molecular flexibility index (Phi) is 5.54. The fraction of sp³-hybridized carbons (Fsp3) is 0.0333. The number of hydrogen-bond donors (Lipinski definition) is 0. The summed E-state index contributed by atoms with van der Waals surface area (Å²) in [4.78, 5) is 0. The summed E-state index contributed by atoms with van der Waals surface area (Å²) >= 11 is 0. The van der Waals surface area contributed by atoms with Crippen molar-refractivity contribution in [3.8, 4) is 33.6 Å². The van der Waals surface area contributed by atoms with Crippen LogP contribution < -0.4 is 4.57 Å². The normalized spacial score (nSPS) is 11.3. The van der Waals surface area contributed by atoms with E-state index in [4.69, 9.17) is 0 Å². The quantitative estimate of drug-likeness (QED) is 0.251. The third-order valence-corrected chi connectivity index (χ3v) is 5.71. The first kappa shape index (κ1) is 20.8. The van der Waals surface area contributed by atoms with Crippen LogP contribution in [0.4, 0.5) is 8.78 Å². The molecule has 0 bridgehead atoms. The third-order valence-electron chi connectivity index (χ3n) is 5.71. The molecule has 0 radical (unpaired) electrons. The van der Waals surface area contributed by atoms with Gasteiger partial charge in [-0.1, -0.05) is 84.9 Å². The fourth-order valence-corrected chi connectivity index (χ4v) is 4.11. The maximum absolute atomic E-state index is 16.3. The van der Waals surface area contributed by atoms with Crippen molar-refractivity contribution in [1.82, 2.24) is 0 Å². The predicted octanol–water partition coefficient (Wildman–Crippen LogP) is 7.57. The molecule has 33 heavy (non-hydrogen) atoms. The van der Waals surface area contributed by atoms with E-state index >= 15 is 8.78 Å². The predicted molar refractivity (Wildman–Crippen MR) is 129 cm³/mol. The molecule has 1 aromatic heterocycles. The summed E-state index contributed by atoms with van der Waals surface area (Å²) in [7, 11) is 0. The third kappa shape index (κ3) is 4.06. The van der Waals surface area contributed by atoms with Crippen LogP contribution in [0.15, 0.2) is 133 Å². The molecule has 5 aromatic rings. The Morgan fingerprint density at radius 2 is 0.788 bits per heavy atom. The van der Waals surface area contributed by atoms with Crippen molar-refractivity contribution in [2.24, 2.45) is 0 Å². The van der Waals surface area contributed by atoms with E-state index in [1.807, 2.05) is 103 Å². The molecule has 0 unspecified atom stereocenters. The van der Waals surface area contributed by atoms with Gasteiger partial charge in [0.2, 0.25) is 11.4 Å². The summed E-state index contributed by atoms with van der Waals surface area (Å²) in [5, 5.41) is 0. The Morgan fingerprint density at radius 3 is 1.21 bits per heavy atom. The molecule has 0 fully saturated rings. The SMILES string of the molecule is FC(F)(c1ccccc1)[n+]1c(-c2ccccc2)cc(-c2ccccc2)cc1-c1ccccc1. The zero-order valence-electron chi connectivity index (χ0n) is 17.9. The standard InChI is InChI=1S/C30H22F2N/c31-30(32,27-19-11-4-12-20-27)33-28(24-15-7-2-8-16-24)21-26(23-13-5-1-6-14-23)22-29(33)25-17-9-3-10-18-25/h1-22H/q+1. The van der Waals surface area contributed by atoms with Gasteiger partial charge in [0.05, 0.1) is 5.56 Å². The average molecular weight is 435 g/mol. The molecule has 1 heterocycles. The second kappa shape index (κ2) is 8.79. The van der Waals surface area contributed by atoms with E-state index in [-0.39, 0.29) is 5.56 Å². The molecular weight excluding hydrogens is 412 g/mol. The van der Waals surface area contributed by atoms with Crippen LogP contribution in [0, 0.1) is 0 Å². The summed E-state index contributed by atoms with van der Waals surface area (Å²) < 4.78 is 33.7. The van der Waals surface area contributed by atoms with Crippen LogP contribution in [0.3, 0.4) is 0 Å². The highest BCUT2D eigenvalue weighted by Gasteiger charge is 2.48. The molecule has 5 rings (SSSR count). The molecule has 1 nitrogen and oxygen atoms in total. The Balaban J connectivity index is 1.88. The van der Waals surface area contributed by atoms with Crippen molar-refractivity contribution < 1.29 is 13.3 Å². The van der Waals surface area contributed by atoms with Crippen LogP contribution in [-0.4, -0.2) is 0 Å². The van der Waals surface area contributed by atoms with E-state index in [1.54, 1.807) is 18.2 Å². The molecule has 4 aromatic carbocycles. The fourth-order valence-electron chi connectivity index (χ4n) is 4.11. The zero-order chi connectivity index (χ0) is 22.7. The molecule has 0 saturated carbocycles. The smallest absolute Gasteiger partial charge is 0.134 e. The van der Waals surface area contributed by atoms with Gasteiger partial charge in [-0.3, -0.25) is 0 Å². The number of pyridine rings is 1. The molecule has 0 amide bonds. The van der Waals surface area contributed by atoms with E-state index in [0.717, 1.165) is 22.3 Å². The van der Waals surface area contributed by atoms with Crippen LogP contribution in [0.2, 0.25) is 0 Å². The number of halogens is 2. The van der Waals surface area contributed by atoms with Gasteiger partial charge in [0.25, 0.3) is 0 Å². The molecule has 0 aliphatic carbocycles. The van der Waals surface area contributed by atoms with Crippen LogP contribution in [0.5, 0.6) is 0 Å². The highest BCUT2D eigenvalue weighted by Crippen LogP contribution is 2.35. The maximum atomic E-state index is 16.3. The summed E-state index contributed by atoms with van der Waals surface area (Å²) in [6.07, 6.45) is 0. The van der Waals surface area contributed by atoms with Gasteiger partial charge in [0, 0.05) is 23.3 Å². The Labute approximate surface area is 192 Å². The molecule has 0 atom stereocenters. The van der Waals surface area contributed by atoms with E-state index in [9.17, 15) is 0 Å². The molecule has 0 spiro atoms. The van der Waals surface area contributed by atoms with Gasteiger partial charge in [-0.15, -0.1) is 13.3 Å². The molecular formula is C30H22F2N+. The summed E-state index contributed by atoms with van der Waals surface area (Å²) in [5.41, 5.74) is 4.15. The lowest BCUT2D eigenvalue weighted by Crippen LogP contribution is -2.54. The molecule has 3 heteroatoms. The van der Waals surface area contributed by atoms with Gasteiger partial charge < -0.3 is 0 Å². The van der Waals surface area contributed by atoms with Gasteiger partial charge in [0.1, 0.15) is 0 Å². The van der Waals surface area contributed by atoms with E-state index in [1.165, 1.54) is 16.7 Å². The second-order valence-electron chi connectivity index (χ2n) is 7.86. The van der Waals surface area contributed by atoms with Gasteiger partial charge in [-0.25, -0.2) is 0 Å². The highest BCUT2D eigenvalue weighted by atomic mass is 19.3. The Morgan fingerprint density at radius 1 is 0.424 bits per heavy atom. The van der Waals surface area contributed by atoms with E-state index < -0.39 is 6.05 Å². The van der Waals surface area contributed by atoms with Crippen molar-refractivity contribution in [3.05, 3.63) is 139 Å². The number of aromatic nitrogens is 1. The lowest BCUT2D eigenvalue weighted by Gasteiger charge is -2.19. The number of rotatable bonds is 5. The lowest BCUT2D eigenvalue weighted by atomic mass is 9.98. The molecule has 0 N–H and O–H groups in total. The van der Waals surface area contributed by atoms with Crippen LogP contribution in [-0.2, 0) is 6.05 Å². The van der Waals surface area contributed by atoms with Crippen molar-refractivity contribution in [1.29, 1.82) is 0 Å². The van der Waals surface area contributed by atoms with Crippen molar-refractivity contribution >= 4 is 0 Å². The molecule has 0 saturated heterocycles. The van der Waals surface area contributed by atoms with Crippen LogP contribution >= 0.6 is 0 Å². The summed E-state index contributed by atoms with van der Waals surface area (Å²) in [6, 6.07) is 37.0. The minimum absolute atomic E-state index is 0.0585. The first-order chi connectivity index (χ1) is 16.1. The molecule has 0 aliphatic rings. The number of hydrogen-bond acceptors (Lipinski definition) is 0. The molecule has 160 valence electrons. The number of alkyl halides is 2. The number of benzene rings is 4. The van der Waals surface area contributed by atoms with Crippen LogP contribution in [0.1, 0.15) is 5.56 Å². The first-order valence-corrected chi connectivity index (χ1v) is 10.8. The second-order valence-corrected chi connectivity index (χ2v) is 7.86.